The van der Waals surface area contributed by atoms with Crippen LogP contribution in [0.1, 0.15) is 60.7 Å². The molecule has 43 heavy (non-hydrogen) atoms. The Morgan fingerprint density at radius 1 is 0.907 bits per heavy atom. The van der Waals surface area contributed by atoms with Gasteiger partial charge in [0.25, 0.3) is 0 Å². The molecule has 0 aliphatic carbocycles. The minimum atomic E-state index is -5.09. The van der Waals surface area contributed by atoms with Gasteiger partial charge < -0.3 is 10.6 Å². The van der Waals surface area contributed by atoms with Gasteiger partial charge in [-0.25, -0.2) is 4.39 Å². The maximum absolute atomic E-state index is 14.0. The van der Waals surface area contributed by atoms with E-state index in [1.54, 1.807) is 13.0 Å². The highest BCUT2D eigenvalue weighted by Gasteiger charge is 2.41. The third-order valence-electron chi connectivity index (χ3n) is 7.74. The fourth-order valence-corrected chi connectivity index (χ4v) is 5.24. The highest BCUT2D eigenvalue weighted by Crippen LogP contribution is 2.41. The van der Waals surface area contributed by atoms with E-state index >= 15 is 0 Å². The summed E-state index contributed by atoms with van der Waals surface area (Å²) in [6, 6.07) is 5.79. The summed E-state index contributed by atoms with van der Waals surface area (Å²) < 4.78 is 95.3. The van der Waals surface area contributed by atoms with Gasteiger partial charge in [-0.2, -0.15) is 26.3 Å². The van der Waals surface area contributed by atoms with E-state index in [0.29, 0.717) is 47.4 Å². The average molecular weight is 611 g/mol. The second-order valence-electron chi connectivity index (χ2n) is 11.1. The SMILES string of the molecule is Cc1cc(F)ccc1-c1cc([C@H]2CCC(C(N)=O)N2)ncc1N(C)C(=O)C(C)(C)c1cc(C(F)(F)F)cc(C(F)(F)F)c1. The van der Waals surface area contributed by atoms with Crippen LogP contribution in [0.25, 0.3) is 11.1 Å². The lowest BCUT2D eigenvalue weighted by Crippen LogP contribution is -2.42. The molecule has 1 unspecified atom stereocenters. The van der Waals surface area contributed by atoms with Gasteiger partial charge >= 0.3 is 12.4 Å². The average Bonchev–Trinajstić information content (AvgIpc) is 3.42. The van der Waals surface area contributed by atoms with Gasteiger partial charge in [0.2, 0.25) is 11.8 Å². The number of benzene rings is 2. The van der Waals surface area contributed by atoms with E-state index in [0.717, 1.165) is 4.90 Å². The number of aryl methyl sites for hydroxylation is 1. The third-order valence-corrected chi connectivity index (χ3v) is 7.74. The fourth-order valence-electron chi connectivity index (χ4n) is 5.24. The Bertz CT molecular complexity index is 1530. The Labute approximate surface area is 243 Å². The van der Waals surface area contributed by atoms with Gasteiger partial charge in [0, 0.05) is 12.6 Å². The second-order valence-corrected chi connectivity index (χ2v) is 11.1. The van der Waals surface area contributed by atoms with E-state index in [1.165, 1.54) is 45.3 Å². The maximum atomic E-state index is 14.0. The number of carbonyl (C=O) groups excluding carboxylic acids is 2. The van der Waals surface area contributed by atoms with E-state index in [4.69, 9.17) is 5.73 Å². The molecule has 13 heteroatoms. The first-order chi connectivity index (χ1) is 19.8. The molecule has 1 aromatic heterocycles. The molecule has 2 aromatic carbocycles. The predicted octanol–water partition coefficient (Wildman–Crippen LogP) is 6.45. The van der Waals surface area contributed by atoms with Gasteiger partial charge in [-0.3, -0.25) is 19.9 Å². The molecule has 2 atom stereocenters. The Balaban J connectivity index is 1.81. The molecule has 0 radical (unpaired) electrons. The normalized spacial score (nSPS) is 17.7. The van der Waals surface area contributed by atoms with Gasteiger partial charge in [0.05, 0.1) is 46.2 Å². The molecule has 6 nitrogen and oxygen atoms in total. The minimum Gasteiger partial charge on any atom is -0.368 e. The van der Waals surface area contributed by atoms with Crippen molar-refractivity contribution in [2.75, 3.05) is 11.9 Å². The first-order valence-electron chi connectivity index (χ1n) is 13.2. The van der Waals surface area contributed by atoms with E-state index in [-0.39, 0.29) is 17.8 Å². The molecular weight excluding hydrogens is 581 g/mol. The predicted molar refractivity (Wildman–Crippen MR) is 145 cm³/mol. The smallest absolute Gasteiger partial charge is 0.368 e. The van der Waals surface area contributed by atoms with Crippen molar-refractivity contribution in [2.24, 2.45) is 5.73 Å². The van der Waals surface area contributed by atoms with Crippen LogP contribution in [0, 0.1) is 12.7 Å². The third kappa shape index (κ3) is 6.51. The minimum absolute atomic E-state index is 0.00563. The number of nitrogens with two attached hydrogens (primary N) is 1. The van der Waals surface area contributed by atoms with E-state index < -0.39 is 58.1 Å². The number of likely N-dealkylation sites (N-methyl/N-ethyl adjacent to an activating group) is 1. The lowest BCUT2D eigenvalue weighted by Gasteiger charge is -2.32. The van der Waals surface area contributed by atoms with Crippen molar-refractivity contribution < 1.29 is 40.3 Å². The number of alkyl halides is 6. The van der Waals surface area contributed by atoms with Crippen molar-refractivity contribution in [3.05, 3.63) is 82.4 Å². The molecule has 3 aromatic rings. The number of nitrogens with zero attached hydrogens (tertiary/aromatic N) is 2. The van der Waals surface area contributed by atoms with E-state index in [9.17, 15) is 40.3 Å². The summed E-state index contributed by atoms with van der Waals surface area (Å²) in [4.78, 5) is 31.1. The summed E-state index contributed by atoms with van der Waals surface area (Å²) in [6.45, 7) is 4.11. The van der Waals surface area contributed by atoms with Crippen LogP contribution in [0.4, 0.5) is 36.4 Å². The van der Waals surface area contributed by atoms with Crippen molar-refractivity contribution in [3.8, 4) is 11.1 Å². The zero-order valence-electron chi connectivity index (χ0n) is 23.6. The Hall–Kier alpha value is -4.00. The number of aromatic nitrogens is 1. The second kappa shape index (κ2) is 11.3. The van der Waals surface area contributed by atoms with Gasteiger partial charge in [-0.1, -0.05) is 6.07 Å². The molecule has 1 saturated heterocycles. The molecule has 1 aliphatic heterocycles. The Morgan fingerprint density at radius 2 is 1.49 bits per heavy atom. The van der Waals surface area contributed by atoms with Crippen molar-refractivity contribution in [3.63, 3.8) is 0 Å². The van der Waals surface area contributed by atoms with Crippen LogP contribution in [0.3, 0.4) is 0 Å². The molecular formula is C30H29F7N4O2. The van der Waals surface area contributed by atoms with Crippen LogP contribution >= 0.6 is 0 Å². The molecule has 1 aliphatic rings. The molecule has 3 N–H and O–H groups in total. The van der Waals surface area contributed by atoms with Crippen LogP contribution < -0.4 is 16.0 Å². The highest BCUT2D eigenvalue weighted by atomic mass is 19.4. The molecule has 0 spiro atoms. The number of primary amides is 1. The zero-order valence-corrected chi connectivity index (χ0v) is 23.6. The largest absolute Gasteiger partial charge is 0.416 e. The highest BCUT2D eigenvalue weighted by molar-refractivity contribution is 6.03. The van der Waals surface area contributed by atoms with Crippen LogP contribution in [0.2, 0.25) is 0 Å². The number of nitrogens with one attached hydrogen (secondary N) is 1. The molecule has 0 bridgehead atoms. The molecule has 2 heterocycles. The molecule has 2 amide bonds. The summed E-state index contributed by atoms with van der Waals surface area (Å²) in [5.74, 6) is -1.85. The molecule has 1 fully saturated rings. The van der Waals surface area contributed by atoms with Gasteiger partial charge in [-0.05, 0) is 86.7 Å². The lowest BCUT2D eigenvalue weighted by molar-refractivity contribution is -0.143. The van der Waals surface area contributed by atoms with Crippen LogP contribution in [-0.4, -0.2) is 29.9 Å². The topological polar surface area (TPSA) is 88.3 Å². The van der Waals surface area contributed by atoms with Crippen molar-refractivity contribution in [2.45, 2.75) is 63.5 Å². The van der Waals surface area contributed by atoms with Crippen LogP contribution in [-0.2, 0) is 27.4 Å². The lowest BCUT2D eigenvalue weighted by atomic mass is 9.81. The Kier molecular flexibility index (Phi) is 8.35. The number of carbonyl (C=O) groups is 2. The number of halogens is 7. The quantitative estimate of drug-likeness (QED) is 0.314. The van der Waals surface area contributed by atoms with Crippen molar-refractivity contribution in [1.29, 1.82) is 0 Å². The van der Waals surface area contributed by atoms with E-state index in [1.807, 2.05) is 0 Å². The zero-order chi connectivity index (χ0) is 32.1. The van der Waals surface area contributed by atoms with Crippen LogP contribution in [0.5, 0.6) is 0 Å². The summed E-state index contributed by atoms with van der Waals surface area (Å²) in [6.07, 6.45) is -7.82. The summed E-state index contributed by atoms with van der Waals surface area (Å²) >= 11 is 0. The fraction of sp³-hybridized carbons (Fsp3) is 0.367. The number of anilines is 1. The number of hydrogen-bond donors (Lipinski definition) is 2. The molecule has 0 saturated carbocycles. The summed E-state index contributed by atoms with van der Waals surface area (Å²) in [7, 11) is 1.33. The maximum Gasteiger partial charge on any atom is 0.416 e. The van der Waals surface area contributed by atoms with Crippen molar-refractivity contribution >= 4 is 17.5 Å². The number of pyridine rings is 1. The van der Waals surface area contributed by atoms with Gasteiger partial charge in [0.1, 0.15) is 5.82 Å². The first kappa shape index (κ1) is 31.9. The standard InChI is InChI=1S/C30H29F7N4O2/c1-15-9-19(31)5-6-20(15)21-13-24(22-7-8-23(40-22)26(38)42)39-14-25(21)41(4)27(43)28(2,3)16-10-17(29(32,33)34)12-18(11-16)30(35,36)37/h5-6,9-14,22-23,40H,7-8H2,1-4H3,(H2,38,42)/t22-,23?/m1/s1. The first-order valence-corrected chi connectivity index (χ1v) is 13.2. The van der Waals surface area contributed by atoms with Gasteiger partial charge in [0.15, 0.2) is 0 Å². The summed E-state index contributed by atoms with van der Waals surface area (Å²) in [5, 5.41) is 3.10. The summed E-state index contributed by atoms with van der Waals surface area (Å²) in [5.41, 5.74) is 2.12. The molecule has 230 valence electrons. The Morgan fingerprint density at radius 3 is 2.00 bits per heavy atom. The van der Waals surface area contributed by atoms with Gasteiger partial charge in [-0.15, -0.1) is 0 Å². The number of hydrogen-bond acceptors (Lipinski definition) is 4. The van der Waals surface area contributed by atoms with E-state index in [2.05, 4.69) is 10.3 Å². The monoisotopic (exact) mass is 610 g/mol. The molecule has 4 rings (SSSR count). The number of amides is 2. The van der Waals surface area contributed by atoms with Crippen molar-refractivity contribution in [1.82, 2.24) is 10.3 Å². The number of rotatable bonds is 6. The van der Waals surface area contributed by atoms with Crippen LogP contribution in [0.15, 0.2) is 48.7 Å².